The van der Waals surface area contributed by atoms with Gasteiger partial charge in [-0.25, -0.2) is 0 Å². The number of hydrogen-bond acceptors (Lipinski definition) is 3. The molecule has 0 spiro atoms. The zero-order valence-corrected chi connectivity index (χ0v) is 11.3. The Kier molecular flexibility index (Phi) is 2.32. The van der Waals surface area contributed by atoms with Gasteiger partial charge in [0.2, 0.25) is 0 Å². The maximum absolute atomic E-state index is 11.6. The van der Waals surface area contributed by atoms with E-state index in [1.807, 2.05) is 44.5 Å². The van der Waals surface area contributed by atoms with Crippen molar-refractivity contribution in [2.24, 2.45) is 0 Å². The van der Waals surface area contributed by atoms with Crippen molar-refractivity contribution in [1.29, 1.82) is 0 Å². The highest BCUT2D eigenvalue weighted by molar-refractivity contribution is 6.62. The third kappa shape index (κ3) is 1.57. The molecule has 3 heterocycles. The van der Waals surface area contributed by atoms with Gasteiger partial charge in [-0.15, -0.1) is 0 Å². The van der Waals surface area contributed by atoms with Gasteiger partial charge in [0.25, 0.3) is 0 Å². The molecule has 0 radical (unpaired) electrons. The minimum atomic E-state index is -0.374. The van der Waals surface area contributed by atoms with Crippen LogP contribution in [0.25, 0.3) is 0 Å². The molecule has 0 saturated carbocycles. The molecule has 2 aliphatic rings. The van der Waals surface area contributed by atoms with Crippen molar-refractivity contribution < 1.29 is 14.1 Å². The van der Waals surface area contributed by atoms with Crippen LogP contribution in [0.2, 0.25) is 0 Å². The molecule has 0 unspecified atom stereocenters. The summed E-state index contributed by atoms with van der Waals surface area (Å²) in [6, 6.07) is 1.90. The summed E-state index contributed by atoms with van der Waals surface area (Å²) in [5, 5.41) is 0. The molecule has 0 aromatic carbocycles. The molecular weight excluding hydrogens is 229 g/mol. The van der Waals surface area contributed by atoms with Crippen LogP contribution in [0.3, 0.4) is 0 Å². The van der Waals surface area contributed by atoms with E-state index in [1.54, 1.807) is 0 Å². The quantitative estimate of drug-likeness (QED) is 0.704. The van der Waals surface area contributed by atoms with E-state index in [2.05, 4.69) is 0 Å². The standard InChI is InChI=1S/C13H18BNO3/c1-12(2)13(3,4)18-14(17-12)9-7-10-11(16)5-6-15(10)8-9/h7-8H,5-6H2,1-4H3. The van der Waals surface area contributed by atoms with Gasteiger partial charge in [0, 0.05) is 24.6 Å². The smallest absolute Gasteiger partial charge is 0.399 e. The molecule has 2 aliphatic heterocycles. The topological polar surface area (TPSA) is 40.5 Å². The maximum atomic E-state index is 11.6. The summed E-state index contributed by atoms with van der Waals surface area (Å²) in [5.74, 6) is 0.206. The van der Waals surface area contributed by atoms with Gasteiger partial charge in [-0.05, 0) is 33.8 Å². The van der Waals surface area contributed by atoms with Crippen LogP contribution in [0, 0.1) is 0 Å². The van der Waals surface area contributed by atoms with Crippen LogP contribution in [0.5, 0.6) is 0 Å². The first-order valence-electron chi connectivity index (χ1n) is 6.39. The third-order valence-electron chi connectivity index (χ3n) is 4.31. The second-order valence-corrected chi connectivity index (χ2v) is 6.11. The van der Waals surface area contributed by atoms with Gasteiger partial charge in [-0.3, -0.25) is 4.79 Å². The van der Waals surface area contributed by atoms with E-state index in [0.29, 0.717) is 6.42 Å². The van der Waals surface area contributed by atoms with E-state index >= 15 is 0 Å². The largest absolute Gasteiger partial charge is 0.496 e. The molecule has 0 N–H and O–H groups in total. The summed E-state index contributed by atoms with van der Waals surface area (Å²) in [7, 11) is -0.374. The van der Waals surface area contributed by atoms with Crippen LogP contribution in [0.4, 0.5) is 0 Å². The van der Waals surface area contributed by atoms with Gasteiger partial charge in [-0.1, -0.05) is 0 Å². The minimum absolute atomic E-state index is 0.206. The number of fused-ring (bicyclic) bond motifs is 1. The number of hydrogen-bond donors (Lipinski definition) is 0. The lowest BCUT2D eigenvalue weighted by atomic mass is 9.81. The molecule has 1 fully saturated rings. The molecule has 18 heavy (non-hydrogen) atoms. The fourth-order valence-electron chi connectivity index (χ4n) is 2.41. The summed E-state index contributed by atoms with van der Waals surface area (Å²) in [5.41, 5.74) is 1.04. The fraction of sp³-hybridized carbons (Fsp3) is 0.615. The first kappa shape index (κ1) is 12.0. The van der Waals surface area contributed by atoms with Crippen molar-refractivity contribution in [3.8, 4) is 0 Å². The Labute approximate surface area is 107 Å². The van der Waals surface area contributed by atoms with Crippen molar-refractivity contribution in [3.05, 3.63) is 18.0 Å². The van der Waals surface area contributed by atoms with Gasteiger partial charge in [0.05, 0.1) is 16.9 Å². The van der Waals surface area contributed by atoms with E-state index in [1.165, 1.54) is 0 Å². The Hall–Kier alpha value is -1.07. The van der Waals surface area contributed by atoms with Gasteiger partial charge < -0.3 is 13.9 Å². The number of nitrogens with zero attached hydrogens (tertiary/aromatic N) is 1. The Morgan fingerprint density at radius 2 is 1.83 bits per heavy atom. The summed E-state index contributed by atoms with van der Waals surface area (Å²) in [4.78, 5) is 11.6. The van der Waals surface area contributed by atoms with Crippen molar-refractivity contribution in [1.82, 2.24) is 4.57 Å². The van der Waals surface area contributed by atoms with Crippen LogP contribution in [-0.4, -0.2) is 28.7 Å². The lowest BCUT2D eigenvalue weighted by Gasteiger charge is -2.32. The SMILES string of the molecule is CC1(C)OB(c2cc3n(c2)CCC3=O)OC1(C)C. The molecule has 0 amide bonds. The third-order valence-corrected chi connectivity index (χ3v) is 4.31. The highest BCUT2D eigenvalue weighted by Gasteiger charge is 2.52. The number of carbonyl (C=O) groups is 1. The molecule has 3 rings (SSSR count). The average molecular weight is 247 g/mol. The number of aryl methyl sites for hydroxylation is 1. The van der Waals surface area contributed by atoms with Crippen molar-refractivity contribution in [2.45, 2.75) is 51.9 Å². The summed E-state index contributed by atoms with van der Waals surface area (Å²) >= 11 is 0. The van der Waals surface area contributed by atoms with Gasteiger partial charge >= 0.3 is 7.12 Å². The highest BCUT2D eigenvalue weighted by Crippen LogP contribution is 2.36. The van der Waals surface area contributed by atoms with E-state index in [9.17, 15) is 4.79 Å². The van der Waals surface area contributed by atoms with E-state index < -0.39 is 0 Å². The zero-order valence-electron chi connectivity index (χ0n) is 11.3. The lowest BCUT2D eigenvalue weighted by Crippen LogP contribution is -2.41. The molecule has 1 saturated heterocycles. The normalized spacial score (nSPS) is 24.7. The Balaban J connectivity index is 1.90. The molecule has 96 valence electrons. The maximum Gasteiger partial charge on any atom is 0.496 e. The lowest BCUT2D eigenvalue weighted by molar-refractivity contribution is 0.00578. The number of carbonyl (C=O) groups excluding carboxylic acids is 1. The molecule has 0 bridgehead atoms. The van der Waals surface area contributed by atoms with Crippen LogP contribution >= 0.6 is 0 Å². The molecule has 4 nitrogen and oxygen atoms in total. The van der Waals surface area contributed by atoms with Crippen molar-refractivity contribution >= 4 is 18.4 Å². The zero-order chi connectivity index (χ0) is 13.1. The summed E-state index contributed by atoms with van der Waals surface area (Å²) < 4.78 is 13.9. The monoisotopic (exact) mass is 247 g/mol. The fourth-order valence-corrected chi connectivity index (χ4v) is 2.41. The number of ketones is 1. The molecule has 0 atom stereocenters. The Morgan fingerprint density at radius 3 is 2.39 bits per heavy atom. The summed E-state index contributed by atoms with van der Waals surface area (Å²) in [6.07, 6.45) is 2.58. The predicted molar refractivity (Wildman–Crippen MR) is 69.1 cm³/mol. The molecule has 1 aromatic heterocycles. The number of aromatic nitrogens is 1. The Morgan fingerprint density at radius 1 is 1.22 bits per heavy atom. The average Bonchev–Trinajstić information content (AvgIpc) is 2.84. The van der Waals surface area contributed by atoms with E-state index in [4.69, 9.17) is 9.31 Å². The Bertz CT molecular complexity index is 502. The van der Waals surface area contributed by atoms with Crippen molar-refractivity contribution in [2.75, 3.05) is 0 Å². The van der Waals surface area contributed by atoms with Crippen LogP contribution in [-0.2, 0) is 15.9 Å². The van der Waals surface area contributed by atoms with Gasteiger partial charge in [-0.2, -0.15) is 0 Å². The van der Waals surface area contributed by atoms with Crippen molar-refractivity contribution in [3.63, 3.8) is 0 Å². The highest BCUT2D eigenvalue weighted by atomic mass is 16.7. The van der Waals surface area contributed by atoms with E-state index in [-0.39, 0.29) is 24.1 Å². The molecule has 1 aromatic rings. The van der Waals surface area contributed by atoms with E-state index in [0.717, 1.165) is 17.7 Å². The van der Waals surface area contributed by atoms with Crippen LogP contribution < -0.4 is 5.46 Å². The van der Waals surface area contributed by atoms with Gasteiger partial charge in [0.1, 0.15) is 0 Å². The van der Waals surface area contributed by atoms with Gasteiger partial charge in [0.15, 0.2) is 5.78 Å². The predicted octanol–water partition coefficient (Wildman–Crippen LogP) is 1.37. The second-order valence-electron chi connectivity index (χ2n) is 6.11. The first-order chi connectivity index (χ1) is 8.30. The minimum Gasteiger partial charge on any atom is -0.399 e. The molecule has 5 heteroatoms. The summed E-state index contributed by atoms with van der Waals surface area (Å²) in [6.45, 7) is 8.89. The first-order valence-corrected chi connectivity index (χ1v) is 6.39. The second kappa shape index (κ2) is 3.49. The number of Topliss-reactive ketones (excluding diaryl/α,β-unsaturated/α-hetero) is 1. The molecular formula is C13H18BNO3. The molecule has 0 aliphatic carbocycles. The number of rotatable bonds is 1. The van der Waals surface area contributed by atoms with Crippen LogP contribution in [0.1, 0.15) is 44.6 Å². The van der Waals surface area contributed by atoms with Crippen LogP contribution in [0.15, 0.2) is 12.3 Å².